The Balaban J connectivity index is 1.94. The molecule has 2 heterocycles. The second-order valence-corrected chi connectivity index (χ2v) is 5.21. The summed E-state index contributed by atoms with van der Waals surface area (Å²) in [4.78, 5) is 27.6. The first-order valence-electron chi connectivity index (χ1n) is 7.45. The Kier molecular flexibility index (Phi) is 4.29. The molecule has 3 aromatic rings. The van der Waals surface area contributed by atoms with Gasteiger partial charge in [0, 0.05) is 29.3 Å². The van der Waals surface area contributed by atoms with Gasteiger partial charge in [-0.15, -0.1) is 0 Å². The number of fused-ring (bicyclic) bond motifs is 1. The first-order valence-corrected chi connectivity index (χ1v) is 7.45. The Morgan fingerprint density at radius 2 is 2.08 bits per heavy atom. The van der Waals surface area contributed by atoms with E-state index in [0.29, 0.717) is 22.9 Å². The zero-order chi connectivity index (χ0) is 17.1. The third-order valence-corrected chi connectivity index (χ3v) is 3.64. The predicted octanol–water partition coefficient (Wildman–Crippen LogP) is 2.81. The van der Waals surface area contributed by atoms with Crippen LogP contribution in [0.15, 0.2) is 51.8 Å². The Hall–Kier alpha value is -3.15. The van der Waals surface area contributed by atoms with Crippen LogP contribution in [0.2, 0.25) is 0 Å². The number of ether oxygens (including phenoxy) is 1. The molecule has 0 unspecified atom stereocenters. The summed E-state index contributed by atoms with van der Waals surface area (Å²) in [7, 11) is 0. The van der Waals surface area contributed by atoms with Gasteiger partial charge in [0.2, 0.25) is 0 Å². The molecular formula is C18H15NO5. The van der Waals surface area contributed by atoms with Crippen LogP contribution in [0.1, 0.15) is 28.5 Å². The number of nitrogens with zero attached hydrogens (tertiary/aromatic N) is 1. The Morgan fingerprint density at radius 3 is 2.79 bits per heavy atom. The summed E-state index contributed by atoms with van der Waals surface area (Å²) in [5.41, 5.74) is 1.10. The molecule has 0 saturated heterocycles. The van der Waals surface area contributed by atoms with Gasteiger partial charge in [-0.2, -0.15) is 0 Å². The molecule has 0 amide bonds. The SMILES string of the molecule is CCc1cc2c(COC(=O)c3ccccn3)cc(=O)oc2cc1O. The highest BCUT2D eigenvalue weighted by molar-refractivity contribution is 5.87. The zero-order valence-electron chi connectivity index (χ0n) is 13.0. The molecular weight excluding hydrogens is 310 g/mol. The van der Waals surface area contributed by atoms with Gasteiger partial charge in [-0.1, -0.05) is 13.0 Å². The van der Waals surface area contributed by atoms with Crippen molar-refractivity contribution in [2.75, 3.05) is 0 Å². The largest absolute Gasteiger partial charge is 0.508 e. The lowest BCUT2D eigenvalue weighted by Crippen LogP contribution is -2.09. The fourth-order valence-electron chi connectivity index (χ4n) is 2.41. The molecule has 24 heavy (non-hydrogen) atoms. The van der Waals surface area contributed by atoms with Crippen LogP contribution in [0.25, 0.3) is 11.0 Å². The number of phenols is 1. The number of rotatable bonds is 4. The average Bonchev–Trinajstić information content (AvgIpc) is 2.59. The van der Waals surface area contributed by atoms with Crippen molar-refractivity contribution in [3.63, 3.8) is 0 Å². The quantitative estimate of drug-likeness (QED) is 0.586. The molecule has 6 nitrogen and oxygen atoms in total. The molecule has 1 aromatic carbocycles. The van der Waals surface area contributed by atoms with E-state index in [1.165, 1.54) is 18.3 Å². The van der Waals surface area contributed by atoms with Crippen molar-refractivity contribution in [3.05, 3.63) is 69.8 Å². The van der Waals surface area contributed by atoms with Crippen molar-refractivity contribution in [2.45, 2.75) is 20.0 Å². The normalized spacial score (nSPS) is 10.7. The van der Waals surface area contributed by atoms with Crippen molar-refractivity contribution in [3.8, 4) is 5.75 Å². The molecule has 1 N–H and O–H groups in total. The van der Waals surface area contributed by atoms with E-state index in [4.69, 9.17) is 9.15 Å². The molecule has 0 aliphatic heterocycles. The predicted molar refractivity (Wildman–Crippen MR) is 86.9 cm³/mol. The fourth-order valence-corrected chi connectivity index (χ4v) is 2.41. The van der Waals surface area contributed by atoms with Crippen molar-refractivity contribution in [1.82, 2.24) is 4.98 Å². The summed E-state index contributed by atoms with van der Waals surface area (Å²) < 4.78 is 10.3. The van der Waals surface area contributed by atoms with Crippen LogP contribution in [0, 0.1) is 0 Å². The van der Waals surface area contributed by atoms with E-state index in [1.807, 2.05) is 6.92 Å². The van der Waals surface area contributed by atoms with E-state index in [9.17, 15) is 14.7 Å². The van der Waals surface area contributed by atoms with Gasteiger partial charge in [0.1, 0.15) is 23.6 Å². The number of esters is 1. The maximum absolute atomic E-state index is 12.0. The summed E-state index contributed by atoms with van der Waals surface area (Å²) in [5, 5.41) is 10.5. The highest BCUT2D eigenvalue weighted by atomic mass is 16.5. The fraction of sp³-hybridized carbons (Fsp3) is 0.167. The summed E-state index contributed by atoms with van der Waals surface area (Å²) in [5.74, 6) is -0.512. The second kappa shape index (κ2) is 6.54. The number of carbonyl (C=O) groups excluding carboxylic acids is 1. The van der Waals surface area contributed by atoms with Gasteiger partial charge in [-0.05, 0) is 30.2 Å². The maximum atomic E-state index is 12.0. The van der Waals surface area contributed by atoms with Crippen LogP contribution in [0.5, 0.6) is 5.75 Å². The molecule has 6 heteroatoms. The molecule has 0 atom stereocenters. The zero-order valence-corrected chi connectivity index (χ0v) is 13.0. The number of aromatic nitrogens is 1. The number of aryl methyl sites for hydroxylation is 1. The van der Waals surface area contributed by atoms with Gasteiger partial charge < -0.3 is 14.3 Å². The molecule has 0 aliphatic rings. The molecule has 2 aromatic heterocycles. The molecule has 0 fully saturated rings. The molecule has 0 spiro atoms. The van der Waals surface area contributed by atoms with E-state index >= 15 is 0 Å². The topological polar surface area (TPSA) is 89.6 Å². The van der Waals surface area contributed by atoms with Gasteiger partial charge in [0.25, 0.3) is 0 Å². The van der Waals surface area contributed by atoms with Crippen LogP contribution in [0.3, 0.4) is 0 Å². The minimum absolute atomic E-state index is 0.0655. The lowest BCUT2D eigenvalue weighted by molar-refractivity contribution is 0.0467. The monoisotopic (exact) mass is 325 g/mol. The van der Waals surface area contributed by atoms with Crippen LogP contribution in [-0.4, -0.2) is 16.1 Å². The van der Waals surface area contributed by atoms with Crippen molar-refractivity contribution < 1.29 is 19.1 Å². The lowest BCUT2D eigenvalue weighted by atomic mass is 10.0. The highest BCUT2D eigenvalue weighted by Crippen LogP contribution is 2.27. The van der Waals surface area contributed by atoms with Gasteiger partial charge in [-0.3, -0.25) is 0 Å². The Morgan fingerprint density at radius 1 is 1.25 bits per heavy atom. The second-order valence-electron chi connectivity index (χ2n) is 5.21. The van der Waals surface area contributed by atoms with Crippen LogP contribution in [-0.2, 0) is 17.8 Å². The first-order chi connectivity index (χ1) is 11.6. The molecule has 0 aliphatic carbocycles. The Labute approximate surface area is 137 Å². The summed E-state index contributed by atoms with van der Waals surface area (Å²) in [6, 6.07) is 9.35. The minimum Gasteiger partial charge on any atom is -0.508 e. The molecule has 0 radical (unpaired) electrons. The van der Waals surface area contributed by atoms with E-state index in [2.05, 4.69) is 4.98 Å². The van der Waals surface area contributed by atoms with E-state index < -0.39 is 11.6 Å². The summed E-state index contributed by atoms with van der Waals surface area (Å²) in [6.07, 6.45) is 2.12. The summed E-state index contributed by atoms with van der Waals surface area (Å²) >= 11 is 0. The minimum atomic E-state index is -0.577. The van der Waals surface area contributed by atoms with Crippen LogP contribution in [0.4, 0.5) is 0 Å². The number of hydrogen-bond acceptors (Lipinski definition) is 6. The van der Waals surface area contributed by atoms with Crippen LogP contribution >= 0.6 is 0 Å². The number of hydrogen-bond donors (Lipinski definition) is 1. The van der Waals surface area contributed by atoms with Crippen molar-refractivity contribution >= 4 is 16.9 Å². The molecule has 0 saturated carbocycles. The number of carbonyl (C=O) groups is 1. The molecule has 122 valence electrons. The van der Waals surface area contributed by atoms with Crippen LogP contribution < -0.4 is 5.63 Å². The molecule has 0 bridgehead atoms. The van der Waals surface area contributed by atoms with Crippen molar-refractivity contribution in [1.29, 1.82) is 0 Å². The van der Waals surface area contributed by atoms with Gasteiger partial charge in [0.15, 0.2) is 0 Å². The number of phenolic OH excluding ortho intramolecular Hbond substituents is 1. The number of benzene rings is 1. The highest BCUT2D eigenvalue weighted by Gasteiger charge is 2.13. The lowest BCUT2D eigenvalue weighted by Gasteiger charge is -2.09. The summed E-state index contributed by atoms with van der Waals surface area (Å²) in [6.45, 7) is 1.81. The third kappa shape index (κ3) is 3.12. The maximum Gasteiger partial charge on any atom is 0.357 e. The number of aromatic hydroxyl groups is 1. The first kappa shape index (κ1) is 15.7. The van der Waals surface area contributed by atoms with Gasteiger partial charge in [-0.25, -0.2) is 14.6 Å². The Bertz CT molecular complexity index is 947. The van der Waals surface area contributed by atoms with Gasteiger partial charge in [0.05, 0.1) is 0 Å². The number of pyridine rings is 1. The van der Waals surface area contributed by atoms with E-state index in [0.717, 1.165) is 0 Å². The van der Waals surface area contributed by atoms with Gasteiger partial charge >= 0.3 is 11.6 Å². The van der Waals surface area contributed by atoms with E-state index in [1.54, 1.807) is 24.3 Å². The third-order valence-electron chi connectivity index (χ3n) is 3.64. The average molecular weight is 325 g/mol. The molecule has 3 rings (SSSR count). The van der Waals surface area contributed by atoms with E-state index in [-0.39, 0.29) is 23.6 Å². The van der Waals surface area contributed by atoms with Crippen molar-refractivity contribution in [2.24, 2.45) is 0 Å². The smallest absolute Gasteiger partial charge is 0.357 e. The standard InChI is InChI=1S/C18H15NO5/c1-2-11-7-13-12(8-17(21)24-16(13)9-15(11)20)10-23-18(22)14-5-3-4-6-19-14/h3-9,20H,2,10H2,1H3.